The molecule has 0 amide bonds. The first-order valence-corrected chi connectivity index (χ1v) is 10.5. The van der Waals surface area contributed by atoms with Crippen LogP contribution in [0.4, 0.5) is 4.39 Å². The second-order valence-corrected chi connectivity index (χ2v) is 8.18. The first-order chi connectivity index (χ1) is 14.7. The highest BCUT2D eigenvalue weighted by atomic mass is 19.1. The van der Waals surface area contributed by atoms with E-state index >= 15 is 0 Å². The lowest BCUT2D eigenvalue weighted by molar-refractivity contribution is -0.151. The molecule has 0 saturated carbocycles. The third-order valence-electron chi connectivity index (χ3n) is 6.06. The molecule has 1 aromatic carbocycles. The van der Waals surface area contributed by atoms with E-state index < -0.39 is 35.4 Å². The number of nitrogens with one attached hydrogen (secondary N) is 1. The molecule has 0 saturated heterocycles. The average molecular weight is 429 g/mol. The van der Waals surface area contributed by atoms with Gasteiger partial charge in [-0.1, -0.05) is 32.0 Å². The van der Waals surface area contributed by atoms with E-state index in [0.717, 1.165) is 0 Å². The Balaban J connectivity index is 2.18. The largest absolute Gasteiger partial charge is 0.468 e. The van der Waals surface area contributed by atoms with E-state index in [9.17, 15) is 18.8 Å². The Bertz CT molecular complexity index is 980. The Hall–Kier alpha value is -2.96. The number of Topliss-reactive ketones (excluding diaryl/α,β-unsaturated/α-hetero) is 1. The minimum Gasteiger partial charge on any atom is -0.468 e. The number of carbonyl (C=O) groups excluding carboxylic acids is 3. The lowest BCUT2D eigenvalue weighted by Crippen LogP contribution is -2.43. The van der Waals surface area contributed by atoms with Gasteiger partial charge in [-0.3, -0.25) is 9.59 Å². The molecule has 1 aliphatic heterocycles. The predicted octanol–water partition coefficient (Wildman–Crippen LogP) is 3.78. The fourth-order valence-corrected chi connectivity index (χ4v) is 4.30. The standard InChI is InChI=1S/C24H28FNO5/c1-6-13(3)31-24(29)19-14(4)26-17-11-12(2)18(23(28)30-5)22(27)21(17)20(19)15-9-7-8-10-16(15)25/h7-10,12-13,18,20,26H,6,11H2,1-5H3. The quantitative estimate of drug-likeness (QED) is 0.567. The van der Waals surface area contributed by atoms with Gasteiger partial charge in [0.2, 0.25) is 0 Å². The number of ether oxygens (including phenoxy) is 2. The Morgan fingerprint density at radius 2 is 1.97 bits per heavy atom. The Morgan fingerprint density at radius 1 is 1.29 bits per heavy atom. The van der Waals surface area contributed by atoms with Gasteiger partial charge in [-0.15, -0.1) is 0 Å². The molecule has 0 aromatic heterocycles. The second-order valence-electron chi connectivity index (χ2n) is 8.18. The zero-order valence-electron chi connectivity index (χ0n) is 18.5. The van der Waals surface area contributed by atoms with E-state index in [-0.39, 0.29) is 28.7 Å². The van der Waals surface area contributed by atoms with Gasteiger partial charge in [0.1, 0.15) is 11.7 Å². The van der Waals surface area contributed by atoms with Gasteiger partial charge < -0.3 is 14.8 Å². The summed E-state index contributed by atoms with van der Waals surface area (Å²) in [5.74, 6) is -4.52. The molecular formula is C24H28FNO5. The first kappa shape index (κ1) is 22.7. The van der Waals surface area contributed by atoms with Gasteiger partial charge in [0.05, 0.1) is 24.7 Å². The average Bonchev–Trinajstić information content (AvgIpc) is 2.72. The summed E-state index contributed by atoms with van der Waals surface area (Å²) in [6.45, 7) is 7.18. The van der Waals surface area contributed by atoms with Crippen LogP contribution in [0.25, 0.3) is 0 Å². The smallest absolute Gasteiger partial charge is 0.337 e. The number of hydrogen-bond donors (Lipinski definition) is 1. The maximum atomic E-state index is 14.9. The number of dihydropyridines is 1. The fraction of sp³-hybridized carbons (Fsp3) is 0.458. The first-order valence-electron chi connectivity index (χ1n) is 10.5. The van der Waals surface area contributed by atoms with E-state index in [4.69, 9.17) is 9.47 Å². The van der Waals surface area contributed by atoms with Gasteiger partial charge in [-0.05, 0) is 38.7 Å². The number of rotatable bonds is 5. The SMILES string of the molecule is CCC(C)OC(=O)C1=C(C)NC2=C(C(=O)C(C(=O)OC)C(C)C2)C1c1ccccc1F. The molecule has 0 spiro atoms. The van der Waals surface area contributed by atoms with Crippen LogP contribution in [0.1, 0.15) is 52.0 Å². The Labute approximate surface area is 181 Å². The number of esters is 2. The van der Waals surface area contributed by atoms with Crippen molar-refractivity contribution in [3.63, 3.8) is 0 Å². The summed E-state index contributed by atoms with van der Waals surface area (Å²) in [4.78, 5) is 39.0. The maximum Gasteiger partial charge on any atom is 0.337 e. The van der Waals surface area contributed by atoms with Gasteiger partial charge in [0.25, 0.3) is 0 Å². The number of carbonyl (C=O) groups is 3. The molecule has 4 atom stereocenters. The number of methoxy groups -OCH3 is 1. The van der Waals surface area contributed by atoms with Crippen LogP contribution in [0.5, 0.6) is 0 Å². The van der Waals surface area contributed by atoms with Crippen LogP contribution in [-0.4, -0.2) is 30.9 Å². The molecule has 166 valence electrons. The Morgan fingerprint density at radius 3 is 2.58 bits per heavy atom. The molecule has 0 bridgehead atoms. The van der Waals surface area contributed by atoms with Crippen LogP contribution in [0, 0.1) is 17.7 Å². The second kappa shape index (κ2) is 9.04. The third kappa shape index (κ3) is 4.13. The van der Waals surface area contributed by atoms with E-state index in [0.29, 0.717) is 24.2 Å². The topological polar surface area (TPSA) is 81.7 Å². The highest BCUT2D eigenvalue weighted by Crippen LogP contribution is 2.46. The summed E-state index contributed by atoms with van der Waals surface area (Å²) in [6, 6.07) is 6.04. The fourth-order valence-electron chi connectivity index (χ4n) is 4.30. The van der Waals surface area contributed by atoms with Gasteiger partial charge in [0.15, 0.2) is 5.78 Å². The molecule has 1 aromatic rings. The number of benzene rings is 1. The van der Waals surface area contributed by atoms with Crippen LogP contribution in [-0.2, 0) is 23.9 Å². The highest BCUT2D eigenvalue weighted by molar-refractivity contribution is 6.12. The summed E-state index contributed by atoms with van der Waals surface area (Å²) >= 11 is 0. The monoisotopic (exact) mass is 429 g/mol. The molecule has 1 N–H and O–H groups in total. The van der Waals surface area contributed by atoms with Crippen molar-refractivity contribution in [1.29, 1.82) is 0 Å². The molecule has 31 heavy (non-hydrogen) atoms. The van der Waals surface area contributed by atoms with Crippen LogP contribution in [0.2, 0.25) is 0 Å². The van der Waals surface area contributed by atoms with E-state index in [1.165, 1.54) is 13.2 Å². The van der Waals surface area contributed by atoms with Crippen LogP contribution >= 0.6 is 0 Å². The van der Waals surface area contributed by atoms with Crippen molar-refractivity contribution < 1.29 is 28.2 Å². The summed E-state index contributed by atoms with van der Waals surface area (Å²) in [5, 5.41) is 3.16. The molecule has 2 aliphatic rings. The lowest BCUT2D eigenvalue weighted by atomic mass is 9.69. The molecule has 3 rings (SSSR count). The summed E-state index contributed by atoms with van der Waals surface area (Å²) in [7, 11) is 1.23. The van der Waals surface area contributed by atoms with Crippen molar-refractivity contribution in [3.8, 4) is 0 Å². The normalized spacial score (nSPS) is 24.3. The summed E-state index contributed by atoms with van der Waals surface area (Å²) in [6.07, 6.45) is 0.677. The van der Waals surface area contributed by atoms with Crippen molar-refractivity contribution in [2.45, 2.75) is 52.6 Å². The molecule has 4 unspecified atom stereocenters. The van der Waals surface area contributed by atoms with Crippen molar-refractivity contribution in [2.24, 2.45) is 11.8 Å². The van der Waals surface area contributed by atoms with Gasteiger partial charge in [0, 0.05) is 22.5 Å². The minimum absolute atomic E-state index is 0.177. The van der Waals surface area contributed by atoms with E-state index in [1.54, 1.807) is 39.0 Å². The number of ketones is 1. The van der Waals surface area contributed by atoms with Crippen LogP contribution in [0.3, 0.4) is 0 Å². The zero-order chi connectivity index (χ0) is 22.9. The molecular weight excluding hydrogens is 401 g/mol. The molecule has 6 nitrogen and oxygen atoms in total. The zero-order valence-corrected chi connectivity index (χ0v) is 18.5. The van der Waals surface area contributed by atoms with Gasteiger partial charge >= 0.3 is 11.9 Å². The summed E-state index contributed by atoms with van der Waals surface area (Å²) < 4.78 is 25.3. The molecule has 1 heterocycles. The van der Waals surface area contributed by atoms with Crippen molar-refractivity contribution in [1.82, 2.24) is 5.32 Å². The third-order valence-corrected chi connectivity index (χ3v) is 6.06. The van der Waals surface area contributed by atoms with Crippen molar-refractivity contribution in [2.75, 3.05) is 7.11 Å². The van der Waals surface area contributed by atoms with Crippen molar-refractivity contribution >= 4 is 17.7 Å². The van der Waals surface area contributed by atoms with Gasteiger partial charge in [-0.25, -0.2) is 9.18 Å². The molecule has 7 heteroatoms. The molecule has 1 aliphatic carbocycles. The van der Waals surface area contributed by atoms with E-state index in [2.05, 4.69) is 5.32 Å². The van der Waals surface area contributed by atoms with Gasteiger partial charge in [-0.2, -0.15) is 0 Å². The van der Waals surface area contributed by atoms with E-state index in [1.807, 2.05) is 6.92 Å². The van der Waals surface area contributed by atoms with Crippen LogP contribution in [0.15, 0.2) is 46.8 Å². The predicted molar refractivity (Wildman–Crippen MR) is 112 cm³/mol. The Kier molecular flexibility index (Phi) is 6.62. The highest BCUT2D eigenvalue weighted by Gasteiger charge is 2.47. The maximum absolute atomic E-state index is 14.9. The number of hydrogen-bond acceptors (Lipinski definition) is 6. The molecule has 0 fully saturated rings. The summed E-state index contributed by atoms with van der Waals surface area (Å²) in [5.41, 5.74) is 1.70. The number of allylic oxidation sites excluding steroid dienone is 3. The molecule has 0 radical (unpaired) electrons. The van der Waals surface area contributed by atoms with Crippen molar-refractivity contribution in [3.05, 3.63) is 58.2 Å². The number of halogens is 1. The minimum atomic E-state index is -1.01. The lowest BCUT2D eigenvalue weighted by Gasteiger charge is -2.38. The van der Waals surface area contributed by atoms with Crippen LogP contribution < -0.4 is 5.32 Å².